The van der Waals surface area contributed by atoms with E-state index in [2.05, 4.69) is 6.92 Å². The monoisotopic (exact) mass is 297 g/mol. The Bertz CT molecular complexity index is 352. The molecular formula is C15H27N3O3. The third-order valence-electron chi connectivity index (χ3n) is 3.89. The minimum Gasteiger partial charge on any atom is -0.342 e. The Balaban J connectivity index is 2.32. The molecule has 1 rings (SSSR count). The van der Waals surface area contributed by atoms with Crippen molar-refractivity contribution in [2.24, 2.45) is 0 Å². The van der Waals surface area contributed by atoms with Crippen molar-refractivity contribution in [1.82, 2.24) is 14.7 Å². The number of piperazine rings is 1. The number of hydrogen-bond donors (Lipinski definition) is 0. The van der Waals surface area contributed by atoms with Gasteiger partial charge in [-0.15, -0.1) is 0 Å². The van der Waals surface area contributed by atoms with Gasteiger partial charge >= 0.3 is 0 Å². The maximum Gasteiger partial charge on any atom is 0.224 e. The largest absolute Gasteiger partial charge is 0.342 e. The van der Waals surface area contributed by atoms with E-state index in [0.717, 1.165) is 32.2 Å². The van der Waals surface area contributed by atoms with Crippen molar-refractivity contribution in [2.75, 3.05) is 39.3 Å². The van der Waals surface area contributed by atoms with E-state index in [9.17, 15) is 14.4 Å². The second-order valence-electron chi connectivity index (χ2n) is 5.49. The number of hydrogen-bond acceptors (Lipinski definition) is 3. The number of nitrogens with zero attached hydrogens (tertiary/aromatic N) is 3. The van der Waals surface area contributed by atoms with Crippen molar-refractivity contribution in [3.63, 3.8) is 0 Å². The molecule has 0 spiro atoms. The van der Waals surface area contributed by atoms with Crippen molar-refractivity contribution in [2.45, 2.75) is 39.5 Å². The predicted octanol–water partition coefficient (Wildman–Crippen LogP) is 0.716. The number of rotatable bonds is 8. The van der Waals surface area contributed by atoms with Crippen LogP contribution in [0.4, 0.5) is 0 Å². The second kappa shape index (κ2) is 9.37. The fourth-order valence-corrected chi connectivity index (χ4v) is 2.44. The van der Waals surface area contributed by atoms with E-state index in [1.807, 2.05) is 0 Å². The van der Waals surface area contributed by atoms with Gasteiger partial charge in [-0.3, -0.25) is 14.4 Å². The van der Waals surface area contributed by atoms with Gasteiger partial charge in [-0.05, 0) is 6.42 Å². The molecule has 3 amide bonds. The highest BCUT2D eigenvalue weighted by atomic mass is 16.2. The van der Waals surface area contributed by atoms with Gasteiger partial charge in [0.05, 0.1) is 0 Å². The van der Waals surface area contributed by atoms with E-state index in [1.165, 1.54) is 0 Å². The molecule has 0 aromatic carbocycles. The van der Waals surface area contributed by atoms with Gasteiger partial charge < -0.3 is 14.7 Å². The van der Waals surface area contributed by atoms with Crippen molar-refractivity contribution < 1.29 is 14.4 Å². The molecule has 21 heavy (non-hydrogen) atoms. The molecule has 0 saturated carbocycles. The summed E-state index contributed by atoms with van der Waals surface area (Å²) in [6.45, 7) is 7.28. The van der Waals surface area contributed by atoms with Gasteiger partial charge in [0, 0.05) is 52.6 Å². The van der Waals surface area contributed by atoms with E-state index >= 15 is 0 Å². The molecule has 120 valence electrons. The molecule has 1 saturated heterocycles. The summed E-state index contributed by atoms with van der Waals surface area (Å²) in [5, 5.41) is 0. The average Bonchev–Trinajstić information content (AvgIpc) is 2.50. The summed E-state index contributed by atoms with van der Waals surface area (Å²) in [5.41, 5.74) is 0. The molecule has 0 N–H and O–H groups in total. The molecule has 0 atom stereocenters. The fraction of sp³-hybridized carbons (Fsp3) is 0.800. The van der Waals surface area contributed by atoms with Crippen molar-refractivity contribution in [1.29, 1.82) is 0 Å². The molecule has 6 heteroatoms. The van der Waals surface area contributed by atoms with E-state index in [1.54, 1.807) is 21.6 Å². The van der Waals surface area contributed by atoms with Crippen LogP contribution in [0.5, 0.6) is 0 Å². The lowest BCUT2D eigenvalue weighted by Gasteiger charge is -2.33. The Morgan fingerprint density at radius 3 is 2.29 bits per heavy atom. The first-order valence-corrected chi connectivity index (χ1v) is 7.81. The molecule has 0 aromatic heterocycles. The van der Waals surface area contributed by atoms with Crippen LogP contribution in [0.25, 0.3) is 0 Å². The van der Waals surface area contributed by atoms with E-state index < -0.39 is 0 Å². The summed E-state index contributed by atoms with van der Waals surface area (Å²) < 4.78 is 0. The van der Waals surface area contributed by atoms with Crippen LogP contribution in [0.2, 0.25) is 0 Å². The Kier molecular flexibility index (Phi) is 7.79. The number of unbranched alkanes of at least 4 members (excludes halogenated alkanes) is 2. The zero-order valence-corrected chi connectivity index (χ0v) is 13.2. The SMILES string of the molecule is CCCCCN(CCC(=O)N1CCN(C=O)CC1)C(C)=O. The molecule has 1 fully saturated rings. The Morgan fingerprint density at radius 1 is 1.10 bits per heavy atom. The summed E-state index contributed by atoms with van der Waals surface area (Å²) >= 11 is 0. The van der Waals surface area contributed by atoms with E-state index in [-0.39, 0.29) is 11.8 Å². The van der Waals surface area contributed by atoms with Gasteiger partial charge in [-0.1, -0.05) is 19.8 Å². The highest BCUT2D eigenvalue weighted by Gasteiger charge is 2.20. The van der Waals surface area contributed by atoms with Crippen molar-refractivity contribution >= 4 is 18.2 Å². The number of carbonyl (C=O) groups is 3. The Hall–Kier alpha value is -1.59. The lowest BCUT2D eigenvalue weighted by Crippen LogP contribution is -2.48. The Labute approximate surface area is 127 Å². The average molecular weight is 297 g/mol. The molecule has 6 nitrogen and oxygen atoms in total. The van der Waals surface area contributed by atoms with Crippen LogP contribution in [0, 0.1) is 0 Å². The van der Waals surface area contributed by atoms with Gasteiger partial charge in [0.25, 0.3) is 0 Å². The van der Waals surface area contributed by atoms with Gasteiger partial charge in [0.2, 0.25) is 18.2 Å². The first-order valence-electron chi connectivity index (χ1n) is 7.81. The number of carbonyl (C=O) groups excluding carboxylic acids is 3. The zero-order valence-electron chi connectivity index (χ0n) is 13.2. The fourth-order valence-electron chi connectivity index (χ4n) is 2.44. The molecule has 0 aliphatic carbocycles. The highest BCUT2D eigenvalue weighted by Crippen LogP contribution is 2.05. The second-order valence-corrected chi connectivity index (χ2v) is 5.49. The molecule has 0 bridgehead atoms. The van der Waals surface area contributed by atoms with Gasteiger partial charge in [-0.25, -0.2) is 0 Å². The molecule has 1 aliphatic heterocycles. The van der Waals surface area contributed by atoms with Gasteiger partial charge in [0.1, 0.15) is 0 Å². The number of amides is 3. The molecular weight excluding hydrogens is 270 g/mol. The minimum absolute atomic E-state index is 0.0321. The van der Waals surface area contributed by atoms with Crippen LogP contribution in [0.3, 0.4) is 0 Å². The maximum absolute atomic E-state index is 12.1. The zero-order chi connectivity index (χ0) is 15.7. The van der Waals surface area contributed by atoms with Crippen molar-refractivity contribution in [3.05, 3.63) is 0 Å². The third kappa shape index (κ3) is 6.14. The van der Waals surface area contributed by atoms with E-state index in [4.69, 9.17) is 0 Å². The first kappa shape index (κ1) is 17.5. The van der Waals surface area contributed by atoms with Crippen LogP contribution < -0.4 is 0 Å². The predicted molar refractivity (Wildman–Crippen MR) is 80.6 cm³/mol. The molecule has 1 aliphatic rings. The Morgan fingerprint density at radius 2 is 1.76 bits per heavy atom. The summed E-state index contributed by atoms with van der Waals surface area (Å²) in [6, 6.07) is 0. The third-order valence-corrected chi connectivity index (χ3v) is 3.89. The highest BCUT2D eigenvalue weighted by molar-refractivity contribution is 5.78. The molecule has 1 heterocycles. The van der Waals surface area contributed by atoms with Crippen LogP contribution in [-0.2, 0) is 14.4 Å². The maximum atomic E-state index is 12.1. The summed E-state index contributed by atoms with van der Waals surface area (Å²) in [6.07, 6.45) is 4.40. The smallest absolute Gasteiger partial charge is 0.224 e. The summed E-state index contributed by atoms with van der Waals surface area (Å²) in [7, 11) is 0. The summed E-state index contributed by atoms with van der Waals surface area (Å²) in [4.78, 5) is 39.5. The topological polar surface area (TPSA) is 60.9 Å². The normalized spacial score (nSPS) is 15.0. The van der Waals surface area contributed by atoms with Crippen LogP contribution in [-0.4, -0.2) is 72.2 Å². The first-order chi connectivity index (χ1) is 10.1. The lowest BCUT2D eigenvalue weighted by atomic mass is 10.2. The van der Waals surface area contributed by atoms with Crippen molar-refractivity contribution in [3.8, 4) is 0 Å². The molecule has 0 aromatic rings. The van der Waals surface area contributed by atoms with Crippen LogP contribution in [0.1, 0.15) is 39.5 Å². The minimum atomic E-state index is 0.0321. The molecule has 0 unspecified atom stereocenters. The standard InChI is InChI=1S/C15H27N3O3/c1-3-4-5-7-17(14(2)20)8-6-15(21)18-11-9-16(13-19)10-12-18/h13H,3-12H2,1-2H3. The van der Waals surface area contributed by atoms with Gasteiger partial charge in [-0.2, -0.15) is 0 Å². The van der Waals surface area contributed by atoms with E-state index in [0.29, 0.717) is 39.1 Å². The summed E-state index contributed by atoms with van der Waals surface area (Å²) in [5.74, 6) is 0.104. The lowest BCUT2D eigenvalue weighted by molar-refractivity contribution is -0.136. The van der Waals surface area contributed by atoms with Gasteiger partial charge in [0.15, 0.2) is 0 Å². The quantitative estimate of drug-likeness (QED) is 0.490. The van der Waals surface area contributed by atoms with Crippen LogP contribution in [0.15, 0.2) is 0 Å². The van der Waals surface area contributed by atoms with Crippen LogP contribution >= 0.6 is 0 Å². The molecule has 0 radical (unpaired) electrons.